The van der Waals surface area contributed by atoms with E-state index in [-0.39, 0.29) is 22.3 Å². The van der Waals surface area contributed by atoms with Gasteiger partial charge in [0.2, 0.25) is 0 Å². The Hall–Kier alpha value is -2.20. The summed E-state index contributed by atoms with van der Waals surface area (Å²) in [5, 5.41) is -0.0872. The zero-order valence-electron chi connectivity index (χ0n) is 16.9. The van der Waals surface area contributed by atoms with Crippen molar-refractivity contribution in [3.8, 4) is 0 Å². The van der Waals surface area contributed by atoms with Gasteiger partial charge in [0, 0.05) is 0 Å². The number of carbonyl (C=O) groups is 2. The molecule has 0 aromatic heterocycles. The minimum absolute atomic E-state index is 0.0872. The molecule has 2 amide bonds. The van der Waals surface area contributed by atoms with Crippen LogP contribution in [0.15, 0.2) is 30.3 Å². The molecule has 2 aromatic rings. The minimum Gasteiger partial charge on any atom is -0.268 e. The molecule has 7 rings (SSSR count). The highest BCUT2D eigenvalue weighted by Crippen LogP contribution is 2.60. The molecule has 4 saturated carbocycles. The molecular weight excluding hydrogens is 401 g/mol. The summed E-state index contributed by atoms with van der Waals surface area (Å²) in [5.74, 6) is 1.19. The van der Waals surface area contributed by atoms with Crippen molar-refractivity contribution in [2.24, 2.45) is 17.8 Å². The number of halogens is 2. The molecule has 4 fully saturated rings. The third-order valence-electron chi connectivity index (χ3n) is 7.99. The fourth-order valence-electron chi connectivity index (χ4n) is 7.11. The summed E-state index contributed by atoms with van der Waals surface area (Å²) < 4.78 is 13.9. The van der Waals surface area contributed by atoms with Gasteiger partial charge in [0.05, 0.1) is 21.8 Å². The molecule has 0 radical (unpaired) electrons. The average molecular weight is 424 g/mol. The summed E-state index contributed by atoms with van der Waals surface area (Å²) in [5.41, 5.74) is 2.90. The Morgan fingerprint density at radius 1 is 0.933 bits per heavy atom. The molecule has 5 aliphatic rings. The van der Waals surface area contributed by atoms with E-state index in [1.807, 2.05) is 12.1 Å². The Kier molecular flexibility index (Phi) is 3.81. The quantitative estimate of drug-likeness (QED) is 0.551. The predicted octanol–water partition coefficient (Wildman–Crippen LogP) is 6.06. The third kappa shape index (κ3) is 2.49. The maximum atomic E-state index is 13.9. The van der Waals surface area contributed by atoms with E-state index in [9.17, 15) is 14.0 Å². The van der Waals surface area contributed by atoms with Crippen molar-refractivity contribution in [3.63, 3.8) is 0 Å². The van der Waals surface area contributed by atoms with Gasteiger partial charge in [0.15, 0.2) is 0 Å². The lowest BCUT2D eigenvalue weighted by Crippen LogP contribution is -2.48. The van der Waals surface area contributed by atoms with E-state index in [1.54, 1.807) is 6.92 Å². The van der Waals surface area contributed by atoms with Crippen LogP contribution in [0.1, 0.15) is 70.4 Å². The van der Waals surface area contributed by atoms with Gasteiger partial charge >= 0.3 is 0 Å². The highest BCUT2D eigenvalue weighted by molar-refractivity contribution is 6.35. The first kappa shape index (κ1) is 18.6. The summed E-state index contributed by atoms with van der Waals surface area (Å²) in [6.07, 6.45) is 7.70. The van der Waals surface area contributed by atoms with Crippen LogP contribution in [0.5, 0.6) is 0 Å². The molecule has 4 aliphatic carbocycles. The molecule has 0 unspecified atom stereocenters. The van der Waals surface area contributed by atoms with E-state index in [2.05, 4.69) is 6.07 Å². The van der Waals surface area contributed by atoms with Crippen LogP contribution in [0.4, 0.5) is 10.1 Å². The second-order valence-electron chi connectivity index (χ2n) is 9.96. The minimum atomic E-state index is -0.527. The molecule has 0 N–H and O–H groups in total. The van der Waals surface area contributed by atoms with Gasteiger partial charge in [-0.15, -0.1) is 0 Å². The monoisotopic (exact) mass is 423 g/mol. The molecule has 5 heteroatoms. The smallest absolute Gasteiger partial charge is 0.266 e. The zero-order chi connectivity index (χ0) is 20.8. The van der Waals surface area contributed by atoms with E-state index in [1.165, 1.54) is 56.2 Å². The van der Waals surface area contributed by atoms with Crippen LogP contribution in [-0.2, 0) is 5.41 Å². The molecule has 2 aromatic carbocycles. The molecule has 0 saturated heterocycles. The highest BCUT2D eigenvalue weighted by atomic mass is 35.5. The Bertz CT molecular complexity index is 1070. The van der Waals surface area contributed by atoms with Crippen molar-refractivity contribution in [2.45, 2.75) is 50.9 Å². The topological polar surface area (TPSA) is 37.4 Å². The number of carbonyl (C=O) groups excluding carboxylic acids is 2. The first-order valence-electron chi connectivity index (χ1n) is 10.8. The molecule has 1 aliphatic heterocycles. The first-order valence-corrected chi connectivity index (χ1v) is 11.2. The Morgan fingerprint density at radius 3 is 2.13 bits per heavy atom. The van der Waals surface area contributed by atoms with Crippen molar-refractivity contribution >= 4 is 29.1 Å². The van der Waals surface area contributed by atoms with Gasteiger partial charge in [-0.1, -0.05) is 17.7 Å². The van der Waals surface area contributed by atoms with Gasteiger partial charge in [-0.25, -0.2) is 9.29 Å². The van der Waals surface area contributed by atoms with Crippen LogP contribution in [-0.4, -0.2) is 11.8 Å². The number of imide groups is 1. The standard InChI is InChI=1S/C25H23ClFNO2/c1-13-4-18(9-21(26)22(13)27)28-23(29)19-3-2-17(8-20(19)24(28)30)25-10-14-5-15(11-25)7-16(6-14)12-25/h2-4,8-9,14-16H,5-7,10-12H2,1H3. The Morgan fingerprint density at radius 2 is 1.53 bits per heavy atom. The lowest BCUT2D eigenvalue weighted by atomic mass is 9.48. The summed E-state index contributed by atoms with van der Waals surface area (Å²) in [7, 11) is 0. The maximum Gasteiger partial charge on any atom is 0.266 e. The lowest BCUT2D eigenvalue weighted by Gasteiger charge is -2.57. The number of hydrogen-bond acceptors (Lipinski definition) is 2. The Balaban J connectivity index is 1.40. The first-order chi connectivity index (χ1) is 14.3. The predicted molar refractivity (Wildman–Crippen MR) is 114 cm³/mol. The van der Waals surface area contributed by atoms with Crippen molar-refractivity contribution in [1.29, 1.82) is 0 Å². The number of aryl methyl sites for hydroxylation is 1. The van der Waals surface area contributed by atoms with E-state index >= 15 is 0 Å². The van der Waals surface area contributed by atoms with Crippen molar-refractivity contribution in [3.05, 3.63) is 63.4 Å². The molecule has 0 atom stereocenters. The number of fused-ring (bicyclic) bond motifs is 1. The van der Waals surface area contributed by atoms with Crippen molar-refractivity contribution in [2.75, 3.05) is 4.90 Å². The van der Waals surface area contributed by atoms with Crippen molar-refractivity contribution < 1.29 is 14.0 Å². The van der Waals surface area contributed by atoms with Gasteiger partial charge in [-0.05, 0) is 104 Å². The largest absolute Gasteiger partial charge is 0.268 e. The SMILES string of the molecule is Cc1cc(N2C(=O)c3ccc(C45CC6CC(CC(C6)C4)C5)cc3C2=O)cc(Cl)c1F. The fourth-order valence-corrected chi connectivity index (χ4v) is 7.37. The molecule has 0 spiro atoms. The number of anilines is 1. The van der Waals surface area contributed by atoms with Gasteiger partial charge in [0.25, 0.3) is 11.8 Å². The second kappa shape index (κ2) is 6.16. The highest BCUT2D eigenvalue weighted by Gasteiger charge is 2.52. The normalized spacial score (nSPS) is 31.6. The van der Waals surface area contributed by atoms with E-state index in [4.69, 9.17) is 11.6 Å². The molecule has 4 bridgehead atoms. The number of amides is 2. The van der Waals surface area contributed by atoms with E-state index in [0.29, 0.717) is 22.4 Å². The number of nitrogens with zero attached hydrogens (tertiary/aromatic N) is 1. The van der Waals surface area contributed by atoms with Gasteiger partial charge in [0.1, 0.15) is 5.82 Å². The summed E-state index contributed by atoms with van der Waals surface area (Å²) in [4.78, 5) is 27.4. The average Bonchev–Trinajstić information content (AvgIpc) is 2.95. The van der Waals surface area contributed by atoms with Crippen LogP contribution in [0, 0.1) is 30.5 Å². The van der Waals surface area contributed by atoms with Crippen LogP contribution in [0.3, 0.4) is 0 Å². The summed E-state index contributed by atoms with van der Waals surface area (Å²) >= 11 is 5.98. The van der Waals surface area contributed by atoms with Crippen LogP contribution in [0.25, 0.3) is 0 Å². The van der Waals surface area contributed by atoms with E-state index < -0.39 is 5.82 Å². The van der Waals surface area contributed by atoms with Crippen molar-refractivity contribution in [1.82, 2.24) is 0 Å². The van der Waals surface area contributed by atoms with E-state index in [0.717, 1.165) is 22.7 Å². The number of rotatable bonds is 2. The Labute approximate surface area is 180 Å². The van der Waals surface area contributed by atoms with Crippen LogP contribution >= 0.6 is 11.6 Å². The number of benzene rings is 2. The van der Waals surface area contributed by atoms with Gasteiger partial charge < -0.3 is 0 Å². The molecule has 154 valence electrons. The van der Waals surface area contributed by atoms with Gasteiger partial charge in [-0.3, -0.25) is 9.59 Å². The molecular formula is C25H23ClFNO2. The van der Waals surface area contributed by atoms with Crippen LogP contribution in [0.2, 0.25) is 5.02 Å². The fraction of sp³-hybridized carbons (Fsp3) is 0.440. The lowest BCUT2D eigenvalue weighted by molar-refractivity contribution is -0.00520. The zero-order valence-corrected chi connectivity index (χ0v) is 17.6. The second-order valence-corrected chi connectivity index (χ2v) is 10.4. The molecule has 30 heavy (non-hydrogen) atoms. The molecule has 1 heterocycles. The van der Waals surface area contributed by atoms with Crippen LogP contribution < -0.4 is 4.90 Å². The summed E-state index contributed by atoms with van der Waals surface area (Å²) in [6, 6.07) is 8.72. The number of hydrogen-bond donors (Lipinski definition) is 0. The third-order valence-corrected chi connectivity index (χ3v) is 8.27. The van der Waals surface area contributed by atoms with Gasteiger partial charge in [-0.2, -0.15) is 0 Å². The molecule has 3 nitrogen and oxygen atoms in total. The summed E-state index contributed by atoms with van der Waals surface area (Å²) in [6.45, 7) is 1.58. The maximum absolute atomic E-state index is 13.9.